The highest BCUT2D eigenvalue weighted by atomic mass is 32.2. The molecule has 7 heteroatoms. The molecule has 1 saturated heterocycles. The van der Waals surface area contributed by atoms with Gasteiger partial charge < -0.3 is 15.1 Å². The minimum absolute atomic E-state index is 0.0868. The van der Waals surface area contributed by atoms with Crippen LogP contribution in [0.5, 0.6) is 0 Å². The molecular weight excluding hydrogens is 388 g/mol. The Hall–Kier alpha value is -2.09. The van der Waals surface area contributed by atoms with Crippen LogP contribution in [-0.4, -0.2) is 54.8 Å². The molecule has 2 heterocycles. The van der Waals surface area contributed by atoms with Crippen molar-refractivity contribution in [2.24, 2.45) is 0 Å². The van der Waals surface area contributed by atoms with Crippen LogP contribution >= 0.6 is 23.1 Å². The molecule has 0 spiro atoms. The van der Waals surface area contributed by atoms with Gasteiger partial charge in [-0.05, 0) is 55.3 Å². The van der Waals surface area contributed by atoms with Gasteiger partial charge in [0.15, 0.2) is 5.13 Å². The van der Waals surface area contributed by atoms with Crippen LogP contribution in [0.4, 0.5) is 10.8 Å². The summed E-state index contributed by atoms with van der Waals surface area (Å²) in [5.41, 5.74) is 2.46. The fourth-order valence-electron chi connectivity index (χ4n) is 3.20. The maximum absolute atomic E-state index is 12.6. The summed E-state index contributed by atoms with van der Waals surface area (Å²) in [5, 5.41) is 4.07. The molecule has 1 aliphatic heterocycles. The molecule has 1 N–H and O–H groups in total. The van der Waals surface area contributed by atoms with Crippen molar-refractivity contribution < 1.29 is 4.79 Å². The van der Waals surface area contributed by atoms with Crippen molar-refractivity contribution in [1.82, 2.24) is 9.88 Å². The molecule has 5 nitrogen and oxygen atoms in total. The van der Waals surface area contributed by atoms with Crippen molar-refractivity contribution >= 4 is 50.0 Å². The molecule has 1 aromatic heterocycles. The third kappa shape index (κ3) is 4.32. The van der Waals surface area contributed by atoms with Gasteiger partial charge in [-0.2, -0.15) is 0 Å². The van der Waals surface area contributed by atoms with Crippen molar-refractivity contribution in [3.63, 3.8) is 0 Å². The summed E-state index contributed by atoms with van der Waals surface area (Å²) in [6.45, 7) is 6.26. The van der Waals surface area contributed by atoms with Crippen molar-refractivity contribution in [2.75, 3.05) is 49.2 Å². The molecular formula is C21H24N4OS2. The number of rotatable bonds is 5. The minimum atomic E-state index is -0.0868. The molecule has 4 rings (SSSR count). The lowest BCUT2D eigenvalue weighted by molar-refractivity contribution is 0.102. The third-order valence-corrected chi connectivity index (χ3v) is 6.81. The number of amides is 1. The molecule has 1 amide bonds. The van der Waals surface area contributed by atoms with Gasteiger partial charge >= 0.3 is 0 Å². The van der Waals surface area contributed by atoms with E-state index in [4.69, 9.17) is 4.98 Å². The van der Waals surface area contributed by atoms with Gasteiger partial charge in [0, 0.05) is 42.3 Å². The van der Waals surface area contributed by atoms with Gasteiger partial charge in [0.25, 0.3) is 5.91 Å². The van der Waals surface area contributed by atoms with Crippen LogP contribution in [0.15, 0.2) is 47.4 Å². The molecule has 1 fully saturated rings. The van der Waals surface area contributed by atoms with E-state index in [9.17, 15) is 4.79 Å². The fraction of sp³-hybridized carbons (Fsp3) is 0.333. The van der Waals surface area contributed by atoms with Crippen molar-refractivity contribution in [3.8, 4) is 0 Å². The highest BCUT2D eigenvalue weighted by Crippen LogP contribution is 2.31. The van der Waals surface area contributed by atoms with Crippen LogP contribution in [-0.2, 0) is 0 Å². The number of nitrogens with zero attached hydrogens (tertiary/aromatic N) is 3. The Morgan fingerprint density at radius 3 is 2.61 bits per heavy atom. The first kappa shape index (κ1) is 19.2. The monoisotopic (exact) mass is 412 g/mol. The van der Waals surface area contributed by atoms with E-state index in [0.717, 1.165) is 53.0 Å². The van der Waals surface area contributed by atoms with Crippen LogP contribution in [0, 0.1) is 0 Å². The van der Waals surface area contributed by atoms with E-state index in [-0.39, 0.29) is 5.91 Å². The number of anilines is 2. The SMILES string of the molecule is CCSc1ccc(C(=O)Nc2ccc3nc(N4CCN(C)CC4)sc3c2)cc1. The number of carbonyl (C=O) groups is 1. The quantitative estimate of drug-likeness (QED) is 0.629. The second kappa shape index (κ2) is 8.51. The molecule has 28 heavy (non-hydrogen) atoms. The Morgan fingerprint density at radius 2 is 1.89 bits per heavy atom. The normalized spacial score (nSPS) is 15.1. The number of nitrogens with one attached hydrogen (secondary N) is 1. The first-order valence-electron chi connectivity index (χ1n) is 9.50. The van der Waals surface area contributed by atoms with Crippen molar-refractivity contribution in [3.05, 3.63) is 48.0 Å². The van der Waals surface area contributed by atoms with Gasteiger partial charge in [0.1, 0.15) is 0 Å². The molecule has 3 aromatic rings. The lowest BCUT2D eigenvalue weighted by atomic mass is 10.2. The highest BCUT2D eigenvalue weighted by molar-refractivity contribution is 7.99. The summed E-state index contributed by atoms with van der Waals surface area (Å²) in [7, 11) is 2.15. The number of thiazole rings is 1. The predicted octanol–water partition coefficient (Wildman–Crippen LogP) is 4.41. The molecule has 0 bridgehead atoms. The minimum Gasteiger partial charge on any atom is -0.345 e. The third-order valence-electron chi connectivity index (χ3n) is 4.84. The van der Waals surface area contributed by atoms with Crippen LogP contribution in [0.25, 0.3) is 10.2 Å². The van der Waals surface area contributed by atoms with Gasteiger partial charge in [0.2, 0.25) is 0 Å². The van der Waals surface area contributed by atoms with E-state index in [0.29, 0.717) is 5.56 Å². The van der Waals surface area contributed by atoms with E-state index in [2.05, 4.69) is 29.1 Å². The number of likely N-dealkylation sites (N-methyl/N-ethyl adjacent to an activating group) is 1. The topological polar surface area (TPSA) is 48.5 Å². The zero-order chi connectivity index (χ0) is 19.5. The van der Waals surface area contributed by atoms with E-state index >= 15 is 0 Å². The molecule has 0 radical (unpaired) electrons. The number of hydrogen-bond donors (Lipinski definition) is 1. The lowest BCUT2D eigenvalue weighted by Gasteiger charge is -2.31. The maximum atomic E-state index is 12.6. The summed E-state index contributed by atoms with van der Waals surface area (Å²) < 4.78 is 1.10. The molecule has 0 saturated carbocycles. The van der Waals surface area contributed by atoms with Crippen molar-refractivity contribution in [1.29, 1.82) is 0 Å². The largest absolute Gasteiger partial charge is 0.345 e. The zero-order valence-electron chi connectivity index (χ0n) is 16.1. The molecule has 146 valence electrons. The van der Waals surface area contributed by atoms with E-state index in [1.807, 2.05) is 42.5 Å². The smallest absolute Gasteiger partial charge is 0.255 e. The summed E-state index contributed by atoms with van der Waals surface area (Å²) in [6, 6.07) is 13.7. The van der Waals surface area contributed by atoms with Gasteiger partial charge in [-0.15, -0.1) is 11.8 Å². The fourth-order valence-corrected chi connectivity index (χ4v) is 4.91. The Labute approximate surface area is 173 Å². The summed E-state index contributed by atoms with van der Waals surface area (Å²) in [4.78, 5) is 23.2. The number of benzene rings is 2. The molecule has 0 atom stereocenters. The Morgan fingerprint density at radius 1 is 1.14 bits per heavy atom. The number of aromatic nitrogens is 1. The van der Waals surface area contributed by atoms with Crippen LogP contribution < -0.4 is 10.2 Å². The van der Waals surface area contributed by atoms with Gasteiger partial charge in [0.05, 0.1) is 10.2 Å². The van der Waals surface area contributed by atoms with Gasteiger partial charge in [-0.25, -0.2) is 4.98 Å². The van der Waals surface area contributed by atoms with E-state index in [1.54, 1.807) is 23.1 Å². The summed E-state index contributed by atoms with van der Waals surface area (Å²) in [6.07, 6.45) is 0. The Bertz CT molecular complexity index is 962. The van der Waals surface area contributed by atoms with Crippen LogP contribution in [0.2, 0.25) is 0 Å². The zero-order valence-corrected chi connectivity index (χ0v) is 17.8. The average Bonchev–Trinajstić information content (AvgIpc) is 3.12. The Balaban J connectivity index is 1.47. The van der Waals surface area contributed by atoms with Crippen LogP contribution in [0.3, 0.4) is 0 Å². The molecule has 0 aliphatic carbocycles. The molecule has 2 aromatic carbocycles. The van der Waals surface area contributed by atoms with Gasteiger partial charge in [-0.3, -0.25) is 4.79 Å². The van der Waals surface area contributed by atoms with E-state index < -0.39 is 0 Å². The number of thioether (sulfide) groups is 1. The van der Waals surface area contributed by atoms with E-state index in [1.165, 1.54) is 4.90 Å². The summed E-state index contributed by atoms with van der Waals surface area (Å²) in [5.74, 6) is 0.937. The Kier molecular flexibility index (Phi) is 5.85. The number of carbonyl (C=O) groups excluding carboxylic acids is 1. The summed E-state index contributed by atoms with van der Waals surface area (Å²) >= 11 is 3.46. The highest BCUT2D eigenvalue weighted by Gasteiger charge is 2.18. The molecule has 1 aliphatic rings. The number of fused-ring (bicyclic) bond motifs is 1. The molecule has 0 unspecified atom stereocenters. The van der Waals surface area contributed by atoms with Gasteiger partial charge in [-0.1, -0.05) is 18.3 Å². The predicted molar refractivity (Wildman–Crippen MR) is 120 cm³/mol. The van der Waals surface area contributed by atoms with Crippen LogP contribution in [0.1, 0.15) is 17.3 Å². The average molecular weight is 413 g/mol. The first-order valence-corrected chi connectivity index (χ1v) is 11.3. The number of hydrogen-bond acceptors (Lipinski definition) is 6. The second-order valence-corrected chi connectivity index (χ2v) is 9.23. The maximum Gasteiger partial charge on any atom is 0.255 e. The number of piperazine rings is 1. The first-order chi connectivity index (χ1) is 13.6. The lowest BCUT2D eigenvalue weighted by Crippen LogP contribution is -2.44. The standard InChI is InChI=1S/C21H24N4OS2/c1-3-27-17-7-4-15(5-8-17)20(26)22-16-6-9-18-19(14-16)28-21(23-18)25-12-10-24(2)11-13-25/h4-9,14H,3,10-13H2,1-2H3,(H,22,26). The second-order valence-electron chi connectivity index (χ2n) is 6.88. The van der Waals surface area contributed by atoms with Crippen molar-refractivity contribution in [2.45, 2.75) is 11.8 Å².